The van der Waals surface area contributed by atoms with E-state index < -0.39 is 11.7 Å². The van der Waals surface area contributed by atoms with Gasteiger partial charge in [-0.2, -0.15) is 0 Å². The molecule has 126 valence electrons. The van der Waals surface area contributed by atoms with E-state index in [9.17, 15) is 5.11 Å². The largest absolute Gasteiger partial charge is 0.476 e. The Labute approximate surface area is 138 Å². The van der Waals surface area contributed by atoms with E-state index in [-0.39, 0.29) is 11.1 Å². The summed E-state index contributed by atoms with van der Waals surface area (Å²) in [5.41, 5.74) is 0.283. The number of hydrogen-bond donors (Lipinski definition) is 1. The lowest BCUT2D eigenvalue weighted by Crippen LogP contribution is -2.43. The number of aliphatic imine (C=N–C) groups is 1. The second-order valence-electron chi connectivity index (χ2n) is 7.45. The number of benzene rings is 1. The molecule has 1 aromatic carbocycles. The van der Waals surface area contributed by atoms with Crippen LogP contribution < -0.4 is 0 Å². The molecule has 2 aliphatic heterocycles. The summed E-state index contributed by atoms with van der Waals surface area (Å²) in [6, 6.07) is 8.18. The van der Waals surface area contributed by atoms with Crippen molar-refractivity contribution in [1.29, 1.82) is 0 Å². The van der Waals surface area contributed by atoms with Crippen LogP contribution in [0, 0.1) is 0 Å². The third kappa shape index (κ3) is 2.48. The molecule has 4 nitrogen and oxygen atoms in total. The van der Waals surface area contributed by atoms with E-state index in [0.717, 1.165) is 18.4 Å². The average Bonchev–Trinajstić information content (AvgIpc) is 3.06. The maximum Gasteiger partial charge on any atom is 0.219 e. The molecule has 2 heterocycles. The number of fused-ring (bicyclic) bond motifs is 1. The third-order valence-electron chi connectivity index (χ3n) is 5.13. The first-order valence-electron chi connectivity index (χ1n) is 8.48. The minimum Gasteiger partial charge on any atom is -0.476 e. The van der Waals surface area contributed by atoms with Gasteiger partial charge in [0.2, 0.25) is 5.90 Å². The Hall–Kier alpha value is -1.39. The smallest absolute Gasteiger partial charge is 0.219 e. The van der Waals surface area contributed by atoms with Crippen LogP contribution in [0.3, 0.4) is 0 Å². The van der Waals surface area contributed by atoms with E-state index >= 15 is 0 Å². The van der Waals surface area contributed by atoms with Crippen molar-refractivity contribution >= 4 is 5.90 Å². The molecule has 0 fully saturated rings. The molecule has 0 spiro atoms. The summed E-state index contributed by atoms with van der Waals surface area (Å²) in [7, 11) is 0. The van der Waals surface area contributed by atoms with Gasteiger partial charge in [-0.3, -0.25) is 0 Å². The maximum atomic E-state index is 11.2. The molecule has 0 bridgehead atoms. The number of nitrogens with zero attached hydrogens (tertiary/aromatic N) is 1. The van der Waals surface area contributed by atoms with Crippen molar-refractivity contribution < 1.29 is 14.6 Å². The first kappa shape index (κ1) is 16.5. The molecule has 0 aromatic heterocycles. The molecule has 0 amide bonds. The Morgan fingerprint density at radius 1 is 1.26 bits per heavy atom. The van der Waals surface area contributed by atoms with Crippen LogP contribution in [0.25, 0.3) is 0 Å². The van der Waals surface area contributed by atoms with E-state index in [4.69, 9.17) is 9.47 Å². The first-order valence-corrected chi connectivity index (χ1v) is 8.48. The Bertz CT molecular complexity index is 629. The predicted octanol–water partition coefficient (Wildman–Crippen LogP) is 3.73. The van der Waals surface area contributed by atoms with Gasteiger partial charge in [0.15, 0.2) is 5.60 Å². The van der Waals surface area contributed by atoms with Gasteiger partial charge < -0.3 is 14.6 Å². The first-order chi connectivity index (χ1) is 10.8. The summed E-state index contributed by atoms with van der Waals surface area (Å²) < 4.78 is 12.2. The lowest BCUT2D eigenvalue weighted by atomic mass is 9.85. The molecule has 3 rings (SSSR count). The van der Waals surface area contributed by atoms with Crippen molar-refractivity contribution in [3.63, 3.8) is 0 Å². The Balaban J connectivity index is 2.05. The normalized spacial score (nSPS) is 27.0. The van der Waals surface area contributed by atoms with Gasteiger partial charge in [0.25, 0.3) is 0 Å². The van der Waals surface area contributed by atoms with Gasteiger partial charge in [0, 0.05) is 0 Å². The molecule has 2 atom stereocenters. The highest BCUT2D eigenvalue weighted by atomic mass is 16.5. The van der Waals surface area contributed by atoms with Crippen LogP contribution in [0.4, 0.5) is 0 Å². The topological polar surface area (TPSA) is 51.0 Å². The molecular weight excluding hydrogens is 290 g/mol. The monoisotopic (exact) mass is 317 g/mol. The van der Waals surface area contributed by atoms with E-state index in [1.165, 1.54) is 5.56 Å². The lowest BCUT2D eigenvalue weighted by Gasteiger charge is -2.33. The molecule has 2 aliphatic rings. The van der Waals surface area contributed by atoms with Gasteiger partial charge in [-0.15, -0.1) is 0 Å². The molecule has 23 heavy (non-hydrogen) atoms. The van der Waals surface area contributed by atoms with E-state index in [0.29, 0.717) is 12.5 Å². The van der Waals surface area contributed by atoms with Gasteiger partial charge >= 0.3 is 0 Å². The summed E-state index contributed by atoms with van der Waals surface area (Å²) in [5.74, 6) is 0.380. The highest BCUT2D eigenvalue weighted by Gasteiger charge is 2.53. The zero-order chi connectivity index (χ0) is 16.9. The summed E-state index contributed by atoms with van der Waals surface area (Å²) in [6.45, 7) is 10.5. The summed E-state index contributed by atoms with van der Waals surface area (Å²) >= 11 is 0. The van der Waals surface area contributed by atoms with Crippen LogP contribution in [0.5, 0.6) is 0 Å². The Morgan fingerprint density at radius 2 is 1.91 bits per heavy atom. The minimum absolute atomic E-state index is 0.302. The molecule has 0 radical (unpaired) electrons. The standard InChI is InChI=1S/C19H27NO3/c1-6-19(7-2)14-11-9-8-10-13(14)15(23-19)18(5,21)16-20-17(3,4)12-22-16/h8-11,15,21H,6-7,12H2,1-5H3/t15-,18-/m0/s1. The zero-order valence-electron chi connectivity index (χ0n) is 14.7. The number of aliphatic hydroxyl groups is 1. The van der Waals surface area contributed by atoms with Crippen LogP contribution in [0.2, 0.25) is 0 Å². The van der Waals surface area contributed by atoms with E-state index in [1.807, 2.05) is 32.0 Å². The van der Waals surface area contributed by atoms with Gasteiger partial charge in [-0.25, -0.2) is 4.99 Å². The Morgan fingerprint density at radius 3 is 2.48 bits per heavy atom. The van der Waals surface area contributed by atoms with Crippen LogP contribution in [-0.2, 0) is 15.1 Å². The molecule has 0 aliphatic carbocycles. The van der Waals surface area contributed by atoms with Crippen LogP contribution in [-0.4, -0.2) is 28.8 Å². The molecule has 1 N–H and O–H groups in total. The Kier molecular flexibility index (Phi) is 3.81. The fourth-order valence-electron chi connectivity index (χ4n) is 3.66. The summed E-state index contributed by atoms with van der Waals surface area (Å²) in [6.07, 6.45) is 1.27. The fraction of sp³-hybridized carbons (Fsp3) is 0.632. The van der Waals surface area contributed by atoms with Crippen molar-refractivity contribution in [3.8, 4) is 0 Å². The second-order valence-corrected chi connectivity index (χ2v) is 7.45. The van der Waals surface area contributed by atoms with Gasteiger partial charge in [0.05, 0.1) is 11.1 Å². The number of rotatable bonds is 4. The minimum atomic E-state index is -1.28. The maximum absolute atomic E-state index is 11.2. The van der Waals surface area contributed by atoms with Crippen molar-refractivity contribution in [2.45, 2.75) is 70.3 Å². The third-order valence-corrected chi connectivity index (χ3v) is 5.13. The summed E-state index contributed by atoms with van der Waals surface area (Å²) in [5, 5.41) is 11.2. The van der Waals surface area contributed by atoms with Crippen LogP contribution >= 0.6 is 0 Å². The molecule has 0 unspecified atom stereocenters. The predicted molar refractivity (Wildman–Crippen MR) is 90.6 cm³/mol. The summed E-state index contributed by atoms with van der Waals surface area (Å²) in [4.78, 5) is 4.57. The van der Waals surface area contributed by atoms with Crippen LogP contribution in [0.1, 0.15) is 64.7 Å². The van der Waals surface area contributed by atoms with Gasteiger partial charge in [0.1, 0.15) is 12.7 Å². The average molecular weight is 317 g/mol. The quantitative estimate of drug-likeness (QED) is 0.920. The fourth-order valence-corrected chi connectivity index (χ4v) is 3.66. The van der Waals surface area contributed by atoms with Crippen molar-refractivity contribution in [1.82, 2.24) is 0 Å². The van der Waals surface area contributed by atoms with Crippen molar-refractivity contribution in [3.05, 3.63) is 35.4 Å². The SMILES string of the molecule is CCC1(CC)O[C@H]([C@](C)(O)C2=NC(C)(C)CO2)c2ccccc21. The second kappa shape index (κ2) is 5.32. The highest BCUT2D eigenvalue weighted by molar-refractivity contribution is 5.87. The molecule has 0 saturated carbocycles. The highest BCUT2D eigenvalue weighted by Crippen LogP contribution is 2.51. The number of hydrogen-bond acceptors (Lipinski definition) is 4. The van der Waals surface area contributed by atoms with E-state index in [1.54, 1.807) is 6.92 Å². The van der Waals surface area contributed by atoms with Gasteiger partial charge in [-0.1, -0.05) is 38.1 Å². The molecule has 0 saturated heterocycles. The van der Waals surface area contributed by atoms with Crippen LogP contribution in [0.15, 0.2) is 29.3 Å². The van der Waals surface area contributed by atoms with Crippen molar-refractivity contribution in [2.24, 2.45) is 4.99 Å². The molecule has 1 aromatic rings. The lowest BCUT2D eigenvalue weighted by molar-refractivity contribution is -0.142. The van der Waals surface area contributed by atoms with E-state index in [2.05, 4.69) is 24.9 Å². The number of ether oxygens (including phenoxy) is 2. The van der Waals surface area contributed by atoms with Gasteiger partial charge in [-0.05, 0) is 44.7 Å². The van der Waals surface area contributed by atoms with Crippen molar-refractivity contribution in [2.75, 3.05) is 6.61 Å². The molecular formula is C19H27NO3. The zero-order valence-corrected chi connectivity index (χ0v) is 14.7. The molecule has 4 heteroatoms.